The van der Waals surface area contributed by atoms with Crippen LogP contribution in [0.25, 0.3) is 0 Å². The molecule has 1 aliphatic rings. The summed E-state index contributed by atoms with van der Waals surface area (Å²) in [6, 6.07) is 3.95. The molecular formula is C11H14O3S. The molecule has 1 aliphatic heterocycles. The van der Waals surface area contributed by atoms with Crippen molar-refractivity contribution in [3.63, 3.8) is 0 Å². The van der Waals surface area contributed by atoms with Gasteiger partial charge in [0.05, 0.1) is 11.2 Å². The third kappa shape index (κ3) is 2.20. The fourth-order valence-corrected chi connectivity index (χ4v) is 3.16. The standard InChI is InChI=1S/C11H14O3S/c1-2-8-3-4-9(14-8)10-5-7(6-15-10)11(12)13/h3-4,7,10H,2,5-6H2,1H3,(H,12,13). The molecule has 2 atom stereocenters. The summed E-state index contributed by atoms with van der Waals surface area (Å²) < 4.78 is 5.63. The molecule has 15 heavy (non-hydrogen) atoms. The molecule has 0 aromatic carbocycles. The Balaban J connectivity index is 2.04. The molecule has 1 aromatic heterocycles. The van der Waals surface area contributed by atoms with Gasteiger partial charge >= 0.3 is 5.97 Å². The Labute approximate surface area is 92.9 Å². The quantitative estimate of drug-likeness (QED) is 0.861. The highest BCUT2D eigenvalue weighted by molar-refractivity contribution is 7.99. The zero-order valence-corrected chi connectivity index (χ0v) is 9.42. The fourth-order valence-electron chi connectivity index (χ4n) is 1.75. The van der Waals surface area contributed by atoms with E-state index in [-0.39, 0.29) is 11.2 Å². The van der Waals surface area contributed by atoms with Crippen molar-refractivity contribution in [1.29, 1.82) is 0 Å². The third-order valence-corrected chi connectivity index (χ3v) is 4.12. The lowest BCUT2D eigenvalue weighted by Gasteiger charge is -2.04. The lowest BCUT2D eigenvalue weighted by Crippen LogP contribution is -2.11. The van der Waals surface area contributed by atoms with Gasteiger partial charge in [-0.2, -0.15) is 0 Å². The number of aliphatic carboxylic acids is 1. The van der Waals surface area contributed by atoms with E-state index in [0.29, 0.717) is 12.2 Å². The van der Waals surface area contributed by atoms with Crippen molar-refractivity contribution >= 4 is 17.7 Å². The highest BCUT2D eigenvalue weighted by Crippen LogP contribution is 2.43. The van der Waals surface area contributed by atoms with Gasteiger partial charge in [-0.25, -0.2) is 0 Å². The Morgan fingerprint density at radius 2 is 2.47 bits per heavy atom. The highest BCUT2D eigenvalue weighted by atomic mass is 32.2. The smallest absolute Gasteiger partial charge is 0.307 e. The van der Waals surface area contributed by atoms with Crippen LogP contribution in [0.2, 0.25) is 0 Å². The summed E-state index contributed by atoms with van der Waals surface area (Å²) in [7, 11) is 0. The van der Waals surface area contributed by atoms with Gasteiger partial charge in [0, 0.05) is 12.2 Å². The molecule has 1 fully saturated rings. The van der Waals surface area contributed by atoms with Crippen LogP contribution < -0.4 is 0 Å². The summed E-state index contributed by atoms with van der Waals surface area (Å²) in [5.41, 5.74) is 0. The molecule has 82 valence electrons. The summed E-state index contributed by atoms with van der Waals surface area (Å²) in [6.45, 7) is 2.05. The van der Waals surface area contributed by atoms with Crippen molar-refractivity contribution in [3.8, 4) is 0 Å². The van der Waals surface area contributed by atoms with E-state index < -0.39 is 5.97 Å². The van der Waals surface area contributed by atoms with Gasteiger partial charge in [-0.05, 0) is 18.6 Å². The van der Waals surface area contributed by atoms with Crippen LogP contribution in [0.1, 0.15) is 30.1 Å². The SMILES string of the molecule is CCc1ccc(C2CC(C(=O)O)CS2)o1. The average Bonchev–Trinajstić information content (AvgIpc) is 2.86. The predicted octanol–water partition coefficient (Wildman–Crippen LogP) is 2.72. The van der Waals surface area contributed by atoms with E-state index in [1.54, 1.807) is 11.8 Å². The number of aryl methyl sites for hydroxylation is 1. The predicted molar refractivity (Wildman–Crippen MR) is 59.0 cm³/mol. The van der Waals surface area contributed by atoms with Crippen LogP contribution in [0, 0.1) is 5.92 Å². The van der Waals surface area contributed by atoms with Crippen molar-refractivity contribution in [2.45, 2.75) is 25.0 Å². The molecular weight excluding hydrogens is 212 g/mol. The van der Waals surface area contributed by atoms with Crippen LogP contribution in [0.3, 0.4) is 0 Å². The molecule has 4 heteroatoms. The van der Waals surface area contributed by atoms with E-state index in [1.165, 1.54) is 0 Å². The topological polar surface area (TPSA) is 50.4 Å². The van der Waals surface area contributed by atoms with Crippen molar-refractivity contribution in [3.05, 3.63) is 23.7 Å². The molecule has 0 radical (unpaired) electrons. The summed E-state index contributed by atoms with van der Waals surface area (Å²) in [5, 5.41) is 9.11. The number of carbonyl (C=O) groups is 1. The van der Waals surface area contributed by atoms with Gasteiger partial charge < -0.3 is 9.52 Å². The van der Waals surface area contributed by atoms with Gasteiger partial charge in [0.15, 0.2) is 0 Å². The minimum atomic E-state index is -0.688. The molecule has 1 saturated heterocycles. The molecule has 0 saturated carbocycles. The fraction of sp³-hybridized carbons (Fsp3) is 0.545. The Kier molecular flexibility index (Phi) is 3.05. The van der Waals surface area contributed by atoms with Crippen molar-refractivity contribution in [2.75, 3.05) is 5.75 Å². The van der Waals surface area contributed by atoms with Gasteiger partial charge in [-0.1, -0.05) is 6.92 Å². The molecule has 2 rings (SSSR count). The summed E-state index contributed by atoms with van der Waals surface area (Å²) >= 11 is 1.68. The van der Waals surface area contributed by atoms with Crippen LogP contribution in [-0.4, -0.2) is 16.8 Å². The molecule has 0 bridgehead atoms. The lowest BCUT2D eigenvalue weighted by molar-refractivity contribution is -0.140. The van der Waals surface area contributed by atoms with Gasteiger partial charge in [0.2, 0.25) is 0 Å². The molecule has 0 spiro atoms. The largest absolute Gasteiger partial charge is 0.481 e. The van der Waals surface area contributed by atoms with E-state index in [4.69, 9.17) is 9.52 Å². The molecule has 2 unspecified atom stereocenters. The molecule has 1 aromatic rings. The van der Waals surface area contributed by atoms with Crippen molar-refractivity contribution < 1.29 is 14.3 Å². The Bertz CT molecular complexity index is 358. The zero-order chi connectivity index (χ0) is 10.8. The summed E-state index contributed by atoms with van der Waals surface area (Å²) in [5.74, 6) is 1.70. The first kappa shape index (κ1) is 10.6. The molecule has 0 amide bonds. The summed E-state index contributed by atoms with van der Waals surface area (Å²) in [6.07, 6.45) is 1.58. The van der Waals surface area contributed by atoms with Crippen LogP contribution in [0.4, 0.5) is 0 Å². The van der Waals surface area contributed by atoms with Gasteiger partial charge in [-0.3, -0.25) is 4.79 Å². The Hall–Kier alpha value is -0.900. The van der Waals surface area contributed by atoms with Crippen LogP contribution in [0.15, 0.2) is 16.5 Å². The lowest BCUT2D eigenvalue weighted by atomic mass is 10.1. The maximum Gasteiger partial charge on any atom is 0.307 e. The second-order valence-corrected chi connectivity index (χ2v) is 4.99. The second-order valence-electron chi connectivity index (χ2n) is 3.75. The normalized spacial score (nSPS) is 25.7. The molecule has 3 nitrogen and oxygen atoms in total. The van der Waals surface area contributed by atoms with Crippen molar-refractivity contribution in [2.24, 2.45) is 5.92 Å². The Morgan fingerprint density at radius 1 is 1.67 bits per heavy atom. The number of hydrogen-bond acceptors (Lipinski definition) is 3. The number of carboxylic acids is 1. The number of furan rings is 1. The highest BCUT2D eigenvalue weighted by Gasteiger charge is 2.32. The number of thioether (sulfide) groups is 1. The maximum atomic E-state index is 10.8. The maximum absolute atomic E-state index is 10.8. The van der Waals surface area contributed by atoms with Crippen LogP contribution >= 0.6 is 11.8 Å². The van der Waals surface area contributed by atoms with Gasteiger partial charge in [0.1, 0.15) is 11.5 Å². The van der Waals surface area contributed by atoms with Gasteiger partial charge in [-0.15, -0.1) is 11.8 Å². The van der Waals surface area contributed by atoms with Crippen molar-refractivity contribution in [1.82, 2.24) is 0 Å². The van der Waals surface area contributed by atoms with E-state index in [2.05, 4.69) is 0 Å². The zero-order valence-electron chi connectivity index (χ0n) is 8.60. The Morgan fingerprint density at radius 3 is 3.00 bits per heavy atom. The van der Waals surface area contributed by atoms with Crippen LogP contribution in [-0.2, 0) is 11.2 Å². The van der Waals surface area contributed by atoms with E-state index in [9.17, 15) is 4.79 Å². The number of carboxylic acid groups (broad SMARTS) is 1. The second kappa shape index (κ2) is 4.31. The first-order valence-electron chi connectivity index (χ1n) is 5.13. The number of rotatable bonds is 3. The van der Waals surface area contributed by atoms with E-state index >= 15 is 0 Å². The van der Waals surface area contributed by atoms with Crippen LogP contribution in [0.5, 0.6) is 0 Å². The first-order valence-corrected chi connectivity index (χ1v) is 6.18. The minimum absolute atomic E-state index is 0.213. The van der Waals surface area contributed by atoms with E-state index in [1.807, 2.05) is 19.1 Å². The minimum Gasteiger partial charge on any atom is -0.481 e. The molecule has 1 N–H and O–H groups in total. The molecule has 0 aliphatic carbocycles. The first-order chi connectivity index (χ1) is 7.20. The summed E-state index contributed by atoms with van der Waals surface area (Å²) in [4.78, 5) is 10.8. The van der Waals surface area contributed by atoms with Gasteiger partial charge in [0.25, 0.3) is 0 Å². The molecule has 2 heterocycles. The van der Waals surface area contributed by atoms with E-state index in [0.717, 1.165) is 17.9 Å². The average molecular weight is 226 g/mol. The third-order valence-electron chi connectivity index (χ3n) is 2.69. The number of hydrogen-bond donors (Lipinski definition) is 1. The monoisotopic (exact) mass is 226 g/mol.